The van der Waals surface area contributed by atoms with E-state index in [1.807, 2.05) is 0 Å². The summed E-state index contributed by atoms with van der Waals surface area (Å²) in [6.45, 7) is 5.39. The first-order valence-corrected chi connectivity index (χ1v) is 7.92. The average Bonchev–Trinajstić information content (AvgIpc) is 2.53. The lowest BCUT2D eigenvalue weighted by molar-refractivity contribution is 0.690. The van der Waals surface area contributed by atoms with Gasteiger partial charge in [-0.05, 0) is 49.4 Å². The summed E-state index contributed by atoms with van der Waals surface area (Å²) in [4.78, 5) is 2.45. The molecule has 0 saturated carbocycles. The number of hydrogen-bond donors (Lipinski definition) is 1. The van der Waals surface area contributed by atoms with Gasteiger partial charge in [0.15, 0.2) is 0 Å². The van der Waals surface area contributed by atoms with Gasteiger partial charge in [-0.2, -0.15) is 0 Å². The molecule has 1 aliphatic heterocycles. The molecule has 2 aromatic carbocycles. The highest BCUT2D eigenvalue weighted by atomic mass is 15.1. The SMILES string of the molecule is CC[C@H](N)c1ccccc1N1CCCc2cc(C)ccc21. The molecule has 3 rings (SSSR count). The van der Waals surface area contributed by atoms with E-state index in [0.717, 1.165) is 13.0 Å². The fourth-order valence-electron chi connectivity index (χ4n) is 3.24. The van der Waals surface area contributed by atoms with Crippen molar-refractivity contribution in [1.29, 1.82) is 0 Å². The second kappa shape index (κ2) is 5.90. The molecule has 0 bridgehead atoms. The normalized spacial score (nSPS) is 15.7. The first-order valence-electron chi connectivity index (χ1n) is 7.92. The van der Waals surface area contributed by atoms with Crippen molar-refractivity contribution in [1.82, 2.24) is 0 Å². The summed E-state index contributed by atoms with van der Waals surface area (Å²) in [5.41, 5.74) is 13.0. The molecule has 2 heteroatoms. The van der Waals surface area contributed by atoms with Crippen LogP contribution in [0.3, 0.4) is 0 Å². The molecule has 0 aliphatic carbocycles. The van der Waals surface area contributed by atoms with Crippen LogP contribution in [0.2, 0.25) is 0 Å². The predicted molar refractivity (Wildman–Crippen MR) is 90.2 cm³/mol. The van der Waals surface area contributed by atoms with Gasteiger partial charge in [-0.3, -0.25) is 0 Å². The van der Waals surface area contributed by atoms with Crippen LogP contribution in [0.25, 0.3) is 0 Å². The standard InChI is InChI=1S/C19H24N2/c1-3-17(20)16-8-4-5-9-19(16)21-12-6-7-15-13-14(2)10-11-18(15)21/h4-5,8-11,13,17H,3,6-7,12,20H2,1-2H3/t17-/m0/s1. The van der Waals surface area contributed by atoms with E-state index in [-0.39, 0.29) is 6.04 Å². The molecule has 0 fully saturated rings. The van der Waals surface area contributed by atoms with Crippen molar-refractivity contribution in [3.63, 3.8) is 0 Å². The van der Waals surface area contributed by atoms with Gasteiger partial charge in [-0.15, -0.1) is 0 Å². The third-order valence-electron chi connectivity index (χ3n) is 4.42. The summed E-state index contributed by atoms with van der Waals surface area (Å²) >= 11 is 0. The molecule has 21 heavy (non-hydrogen) atoms. The molecule has 0 unspecified atom stereocenters. The van der Waals surface area contributed by atoms with Gasteiger partial charge >= 0.3 is 0 Å². The lowest BCUT2D eigenvalue weighted by Crippen LogP contribution is -2.26. The van der Waals surface area contributed by atoms with E-state index < -0.39 is 0 Å². The van der Waals surface area contributed by atoms with Gasteiger partial charge in [0.2, 0.25) is 0 Å². The number of rotatable bonds is 3. The Morgan fingerprint density at radius 2 is 1.95 bits per heavy atom. The lowest BCUT2D eigenvalue weighted by atomic mass is 9.96. The molecule has 2 aromatic rings. The van der Waals surface area contributed by atoms with Crippen LogP contribution in [0.15, 0.2) is 42.5 Å². The van der Waals surface area contributed by atoms with Crippen LogP contribution in [0, 0.1) is 6.92 Å². The van der Waals surface area contributed by atoms with Crippen molar-refractivity contribution < 1.29 is 0 Å². The van der Waals surface area contributed by atoms with E-state index in [9.17, 15) is 0 Å². The van der Waals surface area contributed by atoms with E-state index >= 15 is 0 Å². The maximum atomic E-state index is 6.32. The number of nitrogens with zero attached hydrogens (tertiary/aromatic N) is 1. The summed E-state index contributed by atoms with van der Waals surface area (Å²) < 4.78 is 0. The Bertz CT molecular complexity index is 633. The largest absolute Gasteiger partial charge is 0.341 e. The van der Waals surface area contributed by atoms with Gasteiger partial charge in [0.1, 0.15) is 0 Å². The molecule has 1 heterocycles. The summed E-state index contributed by atoms with van der Waals surface area (Å²) in [5.74, 6) is 0. The molecular weight excluding hydrogens is 256 g/mol. The highest BCUT2D eigenvalue weighted by Gasteiger charge is 2.21. The Labute approximate surface area is 127 Å². The zero-order valence-corrected chi connectivity index (χ0v) is 13.0. The zero-order valence-electron chi connectivity index (χ0n) is 13.0. The minimum atomic E-state index is 0.108. The summed E-state index contributed by atoms with van der Waals surface area (Å²) in [5, 5.41) is 0. The zero-order chi connectivity index (χ0) is 14.8. The molecule has 0 saturated heterocycles. The molecule has 1 atom stereocenters. The molecule has 0 amide bonds. The Hall–Kier alpha value is -1.80. The summed E-state index contributed by atoms with van der Waals surface area (Å²) in [6.07, 6.45) is 3.34. The molecule has 0 aromatic heterocycles. The Morgan fingerprint density at radius 1 is 1.14 bits per heavy atom. The van der Waals surface area contributed by atoms with Crippen LogP contribution in [0.4, 0.5) is 11.4 Å². The Kier molecular flexibility index (Phi) is 3.98. The molecule has 2 nitrogen and oxygen atoms in total. The fraction of sp³-hybridized carbons (Fsp3) is 0.368. The topological polar surface area (TPSA) is 29.3 Å². The van der Waals surface area contributed by atoms with E-state index in [0.29, 0.717) is 0 Å². The van der Waals surface area contributed by atoms with Crippen molar-refractivity contribution >= 4 is 11.4 Å². The van der Waals surface area contributed by atoms with E-state index in [4.69, 9.17) is 5.73 Å². The minimum Gasteiger partial charge on any atom is -0.341 e. The number of anilines is 2. The molecular formula is C19H24N2. The van der Waals surface area contributed by atoms with Gasteiger partial charge < -0.3 is 10.6 Å². The molecule has 0 spiro atoms. The van der Waals surface area contributed by atoms with Crippen molar-refractivity contribution in [2.45, 2.75) is 39.2 Å². The Balaban J connectivity index is 2.07. The van der Waals surface area contributed by atoms with Gasteiger partial charge in [-0.25, -0.2) is 0 Å². The van der Waals surface area contributed by atoms with Crippen molar-refractivity contribution in [3.8, 4) is 0 Å². The first kappa shape index (κ1) is 14.2. The molecule has 0 radical (unpaired) electrons. The molecule has 1 aliphatic rings. The maximum Gasteiger partial charge on any atom is 0.0459 e. The highest BCUT2D eigenvalue weighted by Crippen LogP contribution is 2.37. The molecule has 110 valence electrons. The highest BCUT2D eigenvalue weighted by molar-refractivity contribution is 5.71. The first-order chi connectivity index (χ1) is 10.2. The number of benzene rings is 2. The van der Waals surface area contributed by atoms with Gasteiger partial charge in [0.05, 0.1) is 0 Å². The number of nitrogens with two attached hydrogens (primary N) is 1. The minimum absolute atomic E-state index is 0.108. The van der Waals surface area contributed by atoms with Crippen LogP contribution >= 0.6 is 0 Å². The monoisotopic (exact) mass is 280 g/mol. The number of aryl methyl sites for hydroxylation is 2. The summed E-state index contributed by atoms with van der Waals surface area (Å²) in [6, 6.07) is 15.5. The van der Waals surface area contributed by atoms with Gasteiger partial charge in [-0.1, -0.05) is 42.8 Å². The number of fused-ring (bicyclic) bond motifs is 1. The molecule has 2 N–H and O–H groups in total. The number of hydrogen-bond acceptors (Lipinski definition) is 2. The van der Waals surface area contributed by atoms with Crippen molar-refractivity contribution in [3.05, 3.63) is 59.2 Å². The van der Waals surface area contributed by atoms with Crippen LogP contribution in [-0.2, 0) is 6.42 Å². The summed E-state index contributed by atoms with van der Waals surface area (Å²) in [7, 11) is 0. The second-order valence-electron chi connectivity index (χ2n) is 5.96. The van der Waals surface area contributed by atoms with Crippen molar-refractivity contribution in [2.75, 3.05) is 11.4 Å². The Morgan fingerprint density at radius 3 is 2.76 bits per heavy atom. The van der Waals surface area contributed by atoms with Crippen LogP contribution < -0.4 is 10.6 Å². The van der Waals surface area contributed by atoms with Crippen LogP contribution in [0.1, 0.15) is 42.5 Å². The van der Waals surface area contributed by atoms with Gasteiger partial charge in [0.25, 0.3) is 0 Å². The third kappa shape index (κ3) is 2.68. The predicted octanol–water partition coefficient (Wildman–Crippen LogP) is 4.49. The van der Waals surface area contributed by atoms with E-state index in [2.05, 4.69) is 61.2 Å². The maximum absolute atomic E-state index is 6.32. The van der Waals surface area contributed by atoms with Crippen LogP contribution in [0.5, 0.6) is 0 Å². The quantitative estimate of drug-likeness (QED) is 0.897. The second-order valence-corrected chi connectivity index (χ2v) is 5.96. The van der Waals surface area contributed by atoms with E-state index in [1.54, 1.807) is 0 Å². The average molecular weight is 280 g/mol. The van der Waals surface area contributed by atoms with E-state index in [1.165, 1.54) is 40.9 Å². The van der Waals surface area contributed by atoms with Crippen LogP contribution in [-0.4, -0.2) is 6.54 Å². The smallest absolute Gasteiger partial charge is 0.0459 e. The lowest BCUT2D eigenvalue weighted by Gasteiger charge is -2.34. The van der Waals surface area contributed by atoms with Gasteiger partial charge in [0, 0.05) is 24.0 Å². The third-order valence-corrected chi connectivity index (χ3v) is 4.42. The number of para-hydroxylation sites is 1. The fourth-order valence-corrected chi connectivity index (χ4v) is 3.24. The van der Waals surface area contributed by atoms with Crippen molar-refractivity contribution in [2.24, 2.45) is 5.73 Å².